The Hall–Kier alpha value is -2.56. The highest BCUT2D eigenvalue weighted by molar-refractivity contribution is 5.82. The summed E-state index contributed by atoms with van der Waals surface area (Å²) in [6, 6.07) is 9.35. The summed E-state index contributed by atoms with van der Waals surface area (Å²) in [5.74, 6) is 0.365. The zero-order chi connectivity index (χ0) is 13.5. The molecular weight excluding hydrogens is 234 g/mol. The largest absolute Gasteiger partial charge is 0.508 e. The Labute approximate surface area is 103 Å². The van der Waals surface area contributed by atoms with Crippen molar-refractivity contribution in [1.29, 1.82) is 0 Å². The average Bonchev–Trinajstić information content (AvgIpc) is 2.28. The quantitative estimate of drug-likeness (QED) is 0.591. The molecule has 2 rings (SSSR count). The number of aldehydes is 1. The predicted octanol–water partition coefficient (Wildman–Crippen LogP) is 1.74. The van der Waals surface area contributed by atoms with Gasteiger partial charge in [0.2, 0.25) is 0 Å². The Morgan fingerprint density at radius 2 is 1.94 bits per heavy atom. The number of hydrogen-bond acceptors (Lipinski definition) is 5. The normalized spacial score (nSPS) is 9.17. The summed E-state index contributed by atoms with van der Waals surface area (Å²) >= 11 is 0. The number of anilines is 1. The predicted molar refractivity (Wildman–Crippen MR) is 67.6 cm³/mol. The lowest BCUT2D eigenvalue weighted by atomic mass is 10.2. The van der Waals surface area contributed by atoms with Gasteiger partial charge in [-0.25, -0.2) is 4.79 Å². The summed E-state index contributed by atoms with van der Waals surface area (Å²) in [5.41, 5.74) is 5.97. The zero-order valence-corrected chi connectivity index (χ0v) is 9.79. The molecule has 2 aromatic rings. The second-order valence-electron chi connectivity index (χ2n) is 3.49. The monoisotopic (exact) mass is 247 g/mol. The summed E-state index contributed by atoms with van der Waals surface area (Å²) in [4.78, 5) is 20.5. The molecule has 0 aliphatic rings. The van der Waals surface area contributed by atoms with Crippen molar-refractivity contribution in [2.75, 3.05) is 5.73 Å². The number of hydrogen-bond donors (Lipinski definition) is 2. The van der Waals surface area contributed by atoms with Crippen molar-refractivity contribution in [3.05, 3.63) is 58.1 Å². The molecule has 0 radical (unpaired) electrons. The Kier molecular flexibility index (Phi) is 4.68. The van der Waals surface area contributed by atoms with Crippen molar-refractivity contribution in [3.63, 3.8) is 0 Å². The molecule has 0 saturated carbocycles. The molecule has 0 atom stereocenters. The molecule has 5 heteroatoms. The van der Waals surface area contributed by atoms with Crippen molar-refractivity contribution in [3.8, 4) is 5.75 Å². The van der Waals surface area contributed by atoms with Crippen molar-refractivity contribution in [2.45, 2.75) is 6.92 Å². The van der Waals surface area contributed by atoms with Gasteiger partial charge in [0.1, 0.15) is 11.5 Å². The topological polar surface area (TPSA) is 93.5 Å². The minimum absolute atomic E-state index is 0.0521. The number of aryl methyl sites for hydroxylation is 1. The van der Waals surface area contributed by atoms with Crippen LogP contribution in [0.1, 0.15) is 16.1 Å². The van der Waals surface area contributed by atoms with E-state index in [9.17, 15) is 9.59 Å². The summed E-state index contributed by atoms with van der Waals surface area (Å²) in [5, 5.41) is 8.73. The van der Waals surface area contributed by atoms with Crippen LogP contribution in [0.15, 0.2) is 45.6 Å². The average molecular weight is 247 g/mol. The third kappa shape index (κ3) is 4.13. The van der Waals surface area contributed by atoms with Crippen LogP contribution in [-0.2, 0) is 0 Å². The number of benzene rings is 1. The highest BCUT2D eigenvalue weighted by Crippen LogP contribution is 2.06. The van der Waals surface area contributed by atoms with Crippen LogP contribution in [0.3, 0.4) is 0 Å². The van der Waals surface area contributed by atoms with E-state index < -0.39 is 5.63 Å². The van der Waals surface area contributed by atoms with Gasteiger partial charge in [-0.1, -0.05) is 12.1 Å². The van der Waals surface area contributed by atoms with Crippen LogP contribution < -0.4 is 11.4 Å². The van der Waals surface area contributed by atoms with Crippen molar-refractivity contribution in [2.24, 2.45) is 0 Å². The highest BCUT2D eigenvalue weighted by atomic mass is 16.4. The zero-order valence-electron chi connectivity index (χ0n) is 9.79. The molecule has 0 aliphatic carbocycles. The van der Waals surface area contributed by atoms with Crippen LogP contribution in [0.25, 0.3) is 0 Å². The molecule has 0 unspecified atom stereocenters. The van der Waals surface area contributed by atoms with E-state index in [1.807, 2.05) is 0 Å². The molecule has 0 aliphatic heterocycles. The first-order chi connectivity index (χ1) is 8.52. The minimum atomic E-state index is -0.521. The molecule has 0 spiro atoms. The number of rotatable bonds is 1. The summed E-state index contributed by atoms with van der Waals surface area (Å²) in [6.45, 7) is 1.60. The SMILES string of the molecule is Cc1cc(O)cc(=O)o1.Nc1ccccc1C=O. The van der Waals surface area contributed by atoms with Crippen LogP contribution in [0, 0.1) is 6.92 Å². The first-order valence-electron chi connectivity index (χ1n) is 5.13. The van der Waals surface area contributed by atoms with Crippen LogP contribution in [0.2, 0.25) is 0 Å². The van der Waals surface area contributed by atoms with Crippen molar-refractivity contribution >= 4 is 12.0 Å². The van der Waals surface area contributed by atoms with Crippen molar-refractivity contribution < 1.29 is 14.3 Å². The number of para-hydroxylation sites is 1. The number of carbonyl (C=O) groups is 1. The van der Waals surface area contributed by atoms with Gasteiger partial charge in [-0.3, -0.25) is 4.79 Å². The fraction of sp³-hybridized carbons (Fsp3) is 0.0769. The summed E-state index contributed by atoms with van der Waals surface area (Å²) in [7, 11) is 0. The lowest BCUT2D eigenvalue weighted by molar-refractivity contribution is 0.112. The standard InChI is InChI=1S/C7H7NO.C6H6O3/c8-7-4-2-1-3-6(7)5-9;1-4-2-5(7)3-6(8)9-4/h1-5H,8H2;2-3,7H,1H3. The van der Waals surface area contributed by atoms with E-state index in [4.69, 9.17) is 10.8 Å². The number of nitrogen functional groups attached to an aromatic ring is 1. The van der Waals surface area contributed by atoms with Gasteiger partial charge < -0.3 is 15.3 Å². The molecule has 94 valence electrons. The van der Waals surface area contributed by atoms with Gasteiger partial charge in [-0.05, 0) is 19.1 Å². The van der Waals surface area contributed by atoms with Gasteiger partial charge in [0.25, 0.3) is 0 Å². The van der Waals surface area contributed by atoms with Gasteiger partial charge in [0.05, 0.1) is 6.07 Å². The molecule has 1 aromatic heterocycles. The van der Waals surface area contributed by atoms with E-state index in [0.29, 0.717) is 17.0 Å². The fourth-order valence-corrected chi connectivity index (χ4v) is 1.21. The molecule has 1 heterocycles. The maximum absolute atomic E-state index is 10.4. The lowest BCUT2D eigenvalue weighted by Crippen LogP contribution is -1.95. The molecular formula is C13H13NO4. The first kappa shape index (κ1) is 13.5. The number of aromatic hydroxyl groups is 1. The van der Waals surface area contributed by atoms with Gasteiger partial charge in [-0.2, -0.15) is 0 Å². The van der Waals surface area contributed by atoms with E-state index in [2.05, 4.69) is 4.42 Å². The van der Waals surface area contributed by atoms with Gasteiger partial charge in [0, 0.05) is 17.3 Å². The summed E-state index contributed by atoms with van der Waals surface area (Å²) in [6.07, 6.45) is 0.745. The van der Waals surface area contributed by atoms with Crippen molar-refractivity contribution in [1.82, 2.24) is 0 Å². The molecule has 0 amide bonds. The second kappa shape index (κ2) is 6.24. The number of carbonyl (C=O) groups excluding carboxylic acids is 1. The maximum Gasteiger partial charge on any atom is 0.339 e. The maximum atomic E-state index is 10.4. The Morgan fingerprint density at radius 1 is 1.28 bits per heavy atom. The van der Waals surface area contributed by atoms with E-state index in [1.54, 1.807) is 31.2 Å². The third-order valence-electron chi connectivity index (χ3n) is 2.00. The Bertz CT molecular complexity index is 566. The van der Waals surface area contributed by atoms with Gasteiger partial charge in [0.15, 0.2) is 6.29 Å². The molecule has 0 fully saturated rings. The molecule has 1 aromatic carbocycles. The van der Waals surface area contributed by atoms with Gasteiger partial charge >= 0.3 is 5.63 Å². The molecule has 0 bridgehead atoms. The van der Waals surface area contributed by atoms with Crippen LogP contribution >= 0.6 is 0 Å². The van der Waals surface area contributed by atoms with Gasteiger partial charge in [-0.15, -0.1) is 0 Å². The highest BCUT2D eigenvalue weighted by Gasteiger charge is 1.92. The van der Waals surface area contributed by atoms with Crippen LogP contribution in [-0.4, -0.2) is 11.4 Å². The van der Waals surface area contributed by atoms with E-state index in [-0.39, 0.29) is 5.75 Å². The molecule has 0 saturated heterocycles. The molecule has 18 heavy (non-hydrogen) atoms. The molecule has 3 N–H and O–H groups in total. The number of nitrogens with two attached hydrogens (primary N) is 1. The Balaban J connectivity index is 0.000000180. The smallest absolute Gasteiger partial charge is 0.339 e. The first-order valence-corrected chi connectivity index (χ1v) is 5.13. The van der Waals surface area contributed by atoms with Crippen LogP contribution in [0.5, 0.6) is 5.75 Å². The second-order valence-corrected chi connectivity index (χ2v) is 3.49. The lowest BCUT2D eigenvalue weighted by Gasteiger charge is -1.92. The van der Waals surface area contributed by atoms with E-state index >= 15 is 0 Å². The Morgan fingerprint density at radius 3 is 2.39 bits per heavy atom. The minimum Gasteiger partial charge on any atom is -0.508 e. The fourth-order valence-electron chi connectivity index (χ4n) is 1.21. The van der Waals surface area contributed by atoms with E-state index in [0.717, 1.165) is 12.4 Å². The van der Waals surface area contributed by atoms with E-state index in [1.165, 1.54) is 6.07 Å². The summed E-state index contributed by atoms with van der Waals surface area (Å²) < 4.78 is 4.54. The third-order valence-corrected chi connectivity index (χ3v) is 2.00. The van der Waals surface area contributed by atoms with Crippen LogP contribution in [0.4, 0.5) is 5.69 Å². The molecule has 5 nitrogen and oxygen atoms in total.